The SMILES string of the molecule is Cc1ccc2c(NCCN(C)C)cnc(N3CCCC3)c2c1. The van der Waals surface area contributed by atoms with Crippen LogP contribution >= 0.6 is 0 Å². The lowest BCUT2D eigenvalue weighted by Gasteiger charge is -2.21. The monoisotopic (exact) mass is 298 g/mol. The van der Waals surface area contributed by atoms with Gasteiger partial charge in [-0.1, -0.05) is 17.7 Å². The molecular weight excluding hydrogens is 272 g/mol. The molecule has 1 saturated heterocycles. The van der Waals surface area contributed by atoms with Crippen molar-refractivity contribution in [3.63, 3.8) is 0 Å². The van der Waals surface area contributed by atoms with E-state index in [4.69, 9.17) is 4.98 Å². The van der Waals surface area contributed by atoms with Gasteiger partial charge in [-0.3, -0.25) is 0 Å². The van der Waals surface area contributed by atoms with Crippen molar-refractivity contribution in [3.05, 3.63) is 30.0 Å². The Bertz CT molecular complexity index is 645. The van der Waals surface area contributed by atoms with Crippen LogP contribution in [0.3, 0.4) is 0 Å². The molecule has 1 aromatic heterocycles. The van der Waals surface area contributed by atoms with Crippen LogP contribution < -0.4 is 10.2 Å². The van der Waals surface area contributed by atoms with E-state index in [9.17, 15) is 0 Å². The van der Waals surface area contributed by atoms with Gasteiger partial charge in [-0.15, -0.1) is 0 Å². The molecule has 3 rings (SSSR count). The van der Waals surface area contributed by atoms with E-state index in [0.29, 0.717) is 0 Å². The number of hydrogen-bond donors (Lipinski definition) is 1. The van der Waals surface area contributed by atoms with Crippen LogP contribution in [0.5, 0.6) is 0 Å². The second-order valence-electron chi connectivity index (χ2n) is 6.47. The average Bonchev–Trinajstić information content (AvgIpc) is 3.00. The highest BCUT2D eigenvalue weighted by Gasteiger charge is 2.17. The molecule has 0 bridgehead atoms. The molecular formula is C18H26N4. The first kappa shape index (κ1) is 15.1. The van der Waals surface area contributed by atoms with Gasteiger partial charge in [0.05, 0.1) is 11.9 Å². The Morgan fingerprint density at radius 2 is 1.95 bits per heavy atom. The number of hydrogen-bond acceptors (Lipinski definition) is 4. The molecule has 0 aliphatic carbocycles. The molecule has 0 saturated carbocycles. The van der Waals surface area contributed by atoms with Crippen LogP contribution in [0.25, 0.3) is 10.8 Å². The zero-order valence-electron chi connectivity index (χ0n) is 13.9. The molecule has 0 atom stereocenters. The van der Waals surface area contributed by atoms with E-state index in [2.05, 4.69) is 54.3 Å². The van der Waals surface area contributed by atoms with Gasteiger partial charge in [0, 0.05) is 37.0 Å². The Labute approximate surface area is 133 Å². The number of benzene rings is 1. The molecule has 0 amide bonds. The molecule has 1 fully saturated rings. The second kappa shape index (κ2) is 6.53. The predicted octanol–water partition coefficient (Wildman–Crippen LogP) is 3.12. The number of aryl methyl sites for hydroxylation is 1. The zero-order valence-corrected chi connectivity index (χ0v) is 13.9. The normalized spacial score (nSPS) is 15.0. The van der Waals surface area contributed by atoms with Crippen molar-refractivity contribution < 1.29 is 0 Å². The number of nitrogens with one attached hydrogen (secondary N) is 1. The van der Waals surface area contributed by atoms with E-state index in [0.717, 1.165) is 37.7 Å². The quantitative estimate of drug-likeness (QED) is 0.919. The standard InChI is InChI=1S/C18H26N4/c1-14-6-7-15-16(12-14)18(22-9-4-5-10-22)20-13-17(15)19-8-11-21(2)3/h6-7,12-13,19H,4-5,8-11H2,1-3H3. The van der Waals surface area contributed by atoms with Gasteiger partial charge in [-0.05, 0) is 39.9 Å². The van der Waals surface area contributed by atoms with Crippen LogP contribution in [-0.2, 0) is 0 Å². The first-order valence-electron chi connectivity index (χ1n) is 8.18. The summed E-state index contributed by atoms with van der Waals surface area (Å²) in [6, 6.07) is 6.68. The molecule has 0 radical (unpaired) electrons. The lowest BCUT2D eigenvalue weighted by molar-refractivity contribution is 0.425. The fourth-order valence-corrected chi connectivity index (χ4v) is 3.08. The van der Waals surface area contributed by atoms with Crippen molar-refractivity contribution in [1.82, 2.24) is 9.88 Å². The van der Waals surface area contributed by atoms with Crippen LogP contribution in [0.15, 0.2) is 24.4 Å². The van der Waals surface area contributed by atoms with Gasteiger partial charge in [0.25, 0.3) is 0 Å². The Balaban J connectivity index is 1.95. The first-order chi connectivity index (χ1) is 10.6. The summed E-state index contributed by atoms with van der Waals surface area (Å²) in [6.45, 7) is 6.36. The van der Waals surface area contributed by atoms with Crippen molar-refractivity contribution in [3.8, 4) is 0 Å². The van der Waals surface area contributed by atoms with E-state index >= 15 is 0 Å². The average molecular weight is 298 g/mol. The number of rotatable bonds is 5. The second-order valence-corrected chi connectivity index (χ2v) is 6.47. The summed E-state index contributed by atoms with van der Waals surface area (Å²) in [6.07, 6.45) is 4.55. The summed E-state index contributed by atoms with van der Waals surface area (Å²) in [5.74, 6) is 1.15. The number of likely N-dealkylation sites (N-methyl/N-ethyl adjacent to an activating group) is 1. The minimum atomic E-state index is 0.931. The maximum Gasteiger partial charge on any atom is 0.136 e. The van der Waals surface area contributed by atoms with Crippen molar-refractivity contribution >= 4 is 22.3 Å². The van der Waals surface area contributed by atoms with Gasteiger partial charge in [-0.25, -0.2) is 4.98 Å². The molecule has 1 N–H and O–H groups in total. The first-order valence-corrected chi connectivity index (χ1v) is 8.18. The van der Waals surface area contributed by atoms with Crippen molar-refractivity contribution in [2.75, 3.05) is 50.5 Å². The van der Waals surface area contributed by atoms with Crippen molar-refractivity contribution in [1.29, 1.82) is 0 Å². The molecule has 1 aromatic carbocycles. The van der Waals surface area contributed by atoms with Gasteiger partial charge in [-0.2, -0.15) is 0 Å². The highest BCUT2D eigenvalue weighted by molar-refractivity contribution is 6.00. The van der Waals surface area contributed by atoms with Gasteiger partial charge in [0.1, 0.15) is 5.82 Å². The zero-order chi connectivity index (χ0) is 15.5. The predicted molar refractivity (Wildman–Crippen MR) is 95.0 cm³/mol. The number of aromatic nitrogens is 1. The molecule has 0 spiro atoms. The molecule has 2 aromatic rings. The third kappa shape index (κ3) is 3.17. The molecule has 4 heteroatoms. The van der Waals surface area contributed by atoms with Gasteiger partial charge in [0.2, 0.25) is 0 Å². The molecule has 22 heavy (non-hydrogen) atoms. The summed E-state index contributed by atoms with van der Waals surface area (Å²) in [5.41, 5.74) is 2.43. The van der Waals surface area contributed by atoms with Crippen LogP contribution in [0.4, 0.5) is 11.5 Å². The summed E-state index contributed by atoms with van der Waals surface area (Å²) in [4.78, 5) is 9.39. The van der Waals surface area contributed by atoms with Gasteiger partial charge in [0.15, 0.2) is 0 Å². The fourth-order valence-electron chi connectivity index (χ4n) is 3.08. The van der Waals surface area contributed by atoms with Crippen LogP contribution in [0.2, 0.25) is 0 Å². The van der Waals surface area contributed by atoms with Crippen LogP contribution in [-0.4, -0.2) is 50.2 Å². The Morgan fingerprint density at radius 3 is 2.68 bits per heavy atom. The lowest BCUT2D eigenvalue weighted by Crippen LogP contribution is -2.22. The summed E-state index contributed by atoms with van der Waals surface area (Å²) >= 11 is 0. The molecule has 118 valence electrons. The molecule has 1 aliphatic heterocycles. The van der Waals surface area contributed by atoms with Crippen LogP contribution in [0, 0.1) is 6.92 Å². The molecule has 1 aliphatic rings. The van der Waals surface area contributed by atoms with Crippen molar-refractivity contribution in [2.45, 2.75) is 19.8 Å². The Hall–Kier alpha value is -1.81. The topological polar surface area (TPSA) is 31.4 Å². The lowest BCUT2D eigenvalue weighted by atomic mass is 10.1. The number of pyridine rings is 1. The minimum absolute atomic E-state index is 0.931. The maximum absolute atomic E-state index is 4.78. The number of fused-ring (bicyclic) bond motifs is 1. The third-order valence-corrected chi connectivity index (χ3v) is 4.30. The minimum Gasteiger partial charge on any atom is -0.382 e. The number of nitrogens with zero attached hydrogens (tertiary/aromatic N) is 3. The van der Waals surface area contributed by atoms with E-state index in [-0.39, 0.29) is 0 Å². The summed E-state index contributed by atoms with van der Waals surface area (Å²) in [7, 11) is 4.19. The molecule has 0 unspecified atom stereocenters. The van der Waals surface area contributed by atoms with Crippen molar-refractivity contribution in [2.24, 2.45) is 0 Å². The highest BCUT2D eigenvalue weighted by atomic mass is 15.2. The summed E-state index contributed by atoms with van der Waals surface area (Å²) in [5, 5.41) is 6.09. The molecule has 4 nitrogen and oxygen atoms in total. The van der Waals surface area contributed by atoms with Crippen LogP contribution in [0.1, 0.15) is 18.4 Å². The smallest absolute Gasteiger partial charge is 0.136 e. The third-order valence-electron chi connectivity index (χ3n) is 4.30. The van der Waals surface area contributed by atoms with Gasteiger partial charge < -0.3 is 15.1 Å². The van der Waals surface area contributed by atoms with E-state index < -0.39 is 0 Å². The maximum atomic E-state index is 4.78. The number of anilines is 2. The largest absolute Gasteiger partial charge is 0.382 e. The highest BCUT2D eigenvalue weighted by Crippen LogP contribution is 2.32. The van der Waals surface area contributed by atoms with E-state index in [1.165, 1.54) is 29.2 Å². The summed E-state index contributed by atoms with van der Waals surface area (Å²) < 4.78 is 0. The Morgan fingerprint density at radius 1 is 1.18 bits per heavy atom. The Kier molecular flexibility index (Phi) is 4.48. The van der Waals surface area contributed by atoms with E-state index in [1.807, 2.05) is 6.20 Å². The fraction of sp³-hybridized carbons (Fsp3) is 0.500. The van der Waals surface area contributed by atoms with Gasteiger partial charge >= 0.3 is 0 Å². The molecule has 2 heterocycles. The van der Waals surface area contributed by atoms with E-state index in [1.54, 1.807) is 0 Å².